The highest BCUT2D eigenvalue weighted by Gasteiger charge is 2.63. The number of hydrogen-bond acceptors (Lipinski definition) is 9. The molecule has 0 saturated heterocycles. The van der Waals surface area contributed by atoms with Gasteiger partial charge < -0.3 is 36.4 Å². The first-order valence-electron chi connectivity index (χ1n) is 12.2. The van der Waals surface area contributed by atoms with Crippen LogP contribution in [0.15, 0.2) is 34.8 Å². The molecule has 1 amide bonds. The summed E-state index contributed by atoms with van der Waals surface area (Å²) in [7, 11) is 3.63. The molecule has 0 spiro atoms. The number of nitrogens with two attached hydrogens (primary N) is 1. The van der Waals surface area contributed by atoms with Gasteiger partial charge in [0.05, 0.1) is 11.6 Å². The second-order valence-corrected chi connectivity index (χ2v) is 10.5. The minimum absolute atomic E-state index is 0.0118. The highest BCUT2D eigenvalue weighted by molar-refractivity contribution is 6.24. The number of aliphatic hydroxyl groups is 3. The van der Waals surface area contributed by atoms with E-state index < -0.39 is 58.0 Å². The number of ketones is 2. The molecule has 4 aliphatic rings. The van der Waals surface area contributed by atoms with Crippen LogP contribution in [0.4, 0.5) is 5.69 Å². The number of benzene rings is 1. The predicted octanol–water partition coefficient (Wildman–Crippen LogP) is 1.16. The Bertz CT molecular complexity index is 1240. The van der Waals surface area contributed by atoms with E-state index in [4.69, 9.17) is 5.73 Å². The average molecular weight is 498 g/mol. The third-order valence-corrected chi connectivity index (χ3v) is 8.31. The summed E-state index contributed by atoms with van der Waals surface area (Å²) in [5, 5.41) is 47.9. The van der Waals surface area contributed by atoms with Crippen molar-refractivity contribution in [3.8, 4) is 5.75 Å². The topological polar surface area (TPSA) is 173 Å². The summed E-state index contributed by atoms with van der Waals surface area (Å²) in [5.41, 5.74) is 3.20. The molecule has 4 aliphatic carbocycles. The third-order valence-electron chi connectivity index (χ3n) is 8.31. The van der Waals surface area contributed by atoms with E-state index in [1.807, 2.05) is 19.0 Å². The van der Waals surface area contributed by atoms with Gasteiger partial charge in [0, 0.05) is 37.3 Å². The van der Waals surface area contributed by atoms with Gasteiger partial charge in [-0.25, -0.2) is 0 Å². The molecule has 0 aliphatic heterocycles. The Morgan fingerprint density at radius 1 is 1.14 bits per heavy atom. The van der Waals surface area contributed by atoms with E-state index in [0.717, 1.165) is 31.4 Å². The molecule has 0 unspecified atom stereocenters. The van der Waals surface area contributed by atoms with Crippen molar-refractivity contribution in [1.82, 2.24) is 5.32 Å². The number of nitrogens with one attached hydrogen (secondary N) is 1. The number of rotatable bonds is 4. The third kappa shape index (κ3) is 3.27. The highest BCUT2D eigenvalue weighted by Crippen LogP contribution is 2.52. The van der Waals surface area contributed by atoms with E-state index in [1.54, 1.807) is 6.07 Å². The molecule has 5 rings (SSSR count). The van der Waals surface area contributed by atoms with Crippen LogP contribution in [-0.4, -0.2) is 69.7 Å². The molecule has 4 atom stereocenters. The van der Waals surface area contributed by atoms with Crippen molar-refractivity contribution in [3.05, 3.63) is 45.9 Å². The van der Waals surface area contributed by atoms with Gasteiger partial charge in [0.15, 0.2) is 11.4 Å². The normalized spacial score (nSPS) is 30.2. The first-order chi connectivity index (χ1) is 17.0. The molecule has 10 heteroatoms. The fraction of sp³-hybridized carbons (Fsp3) is 0.500. The number of carbonyl (C=O) groups excluding carboxylic acids is 3. The van der Waals surface area contributed by atoms with Crippen LogP contribution < -0.4 is 16.0 Å². The van der Waals surface area contributed by atoms with Gasteiger partial charge in [0.2, 0.25) is 5.78 Å². The quantitative estimate of drug-likeness (QED) is 0.334. The van der Waals surface area contributed by atoms with Gasteiger partial charge in [-0.1, -0.05) is 12.8 Å². The van der Waals surface area contributed by atoms with Crippen LogP contribution in [0.1, 0.15) is 48.0 Å². The zero-order valence-electron chi connectivity index (χ0n) is 20.2. The zero-order valence-corrected chi connectivity index (χ0v) is 20.2. The molecule has 0 radical (unpaired) electrons. The lowest BCUT2D eigenvalue weighted by Gasteiger charge is -2.49. The predicted molar refractivity (Wildman–Crippen MR) is 130 cm³/mol. The Balaban J connectivity index is 1.68. The van der Waals surface area contributed by atoms with Gasteiger partial charge in [-0.3, -0.25) is 14.4 Å². The average Bonchev–Trinajstić information content (AvgIpc) is 3.32. The molecule has 36 heavy (non-hydrogen) atoms. The van der Waals surface area contributed by atoms with Gasteiger partial charge in [-0.15, -0.1) is 0 Å². The summed E-state index contributed by atoms with van der Waals surface area (Å²) in [5.74, 6) is -6.41. The van der Waals surface area contributed by atoms with Crippen LogP contribution in [0.25, 0.3) is 0 Å². The number of phenolic OH excluding ortho intramolecular Hbond substituents is 1. The monoisotopic (exact) mass is 497 g/mol. The van der Waals surface area contributed by atoms with Gasteiger partial charge in [0.25, 0.3) is 5.91 Å². The fourth-order valence-electron chi connectivity index (χ4n) is 6.62. The largest absolute Gasteiger partial charge is 0.510 e. The standard InChI is InChI=1S/C26H31N3O7/c1-29(2)15-7-8-16(30)18-13(15)9-11-10-14-20(28-12-5-3-4-6-12)22(32)19(25(27)35)24(34)26(14,36)23(33)17(11)21(18)31/h7-8,11-12,14,20,28,30,32-33,36H,3-6,9-10H2,1-2H3,(H2,27,35)/t11-,14-,20+,26-/m0/s1. The van der Waals surface area contributed by atoms with E-state index in [-0.39, 0.29) is 35.8 Å². The van der Waals surface area contributed by atoms with Crippen LogP contribution in [0.5, 0.6) is 5.75 Å². The van der Waals surface area contributed by atoms with E-state index >= 15 is 0 Å². The van der Waals surface area contributed by atoms with Crippen LogP contribution >= 0.6 is 0 Å². The number of Topliss-reactive ketones (excluding diaryl/α,β-unsaturated/α-hetero) is 2. The summed E-state index contributed by atoms with van der Waals surface area (Å²) in [6.07, 6.45) is 3.95. The number of primary amides is 1. The Labute approximate surface area is 208 Å². The van der Waals surface area contributed by atoms with Gasteiger partial charge in [-0.05, 0) is 49.3 Å². The van der Waals surface area contributed by atoms with Gasteiger partial charge >= 0.3 is 0 Å². The summed E-state index contributed by atoms with van der Waals surface area (Å²) in [6.45, 7) is 0. The summed E-state index contributed by atoms with van der Waals surface area (Å²) in [6, 6.07) is 2.07. The summed E-state index contributed by atoms with van der Waals surface area (Å²) < 4.78 is 0. The molecular weight excluding hydrogens is 466 g/mol. The maximum atomic E-state index is 13.6. The van der Waals surface area contributed by atoms with Crippen LogP contribution in [-0.2, 0) is 16.0 Å². The van der Waals surface area contributed by atoms with Crippen molar-refractivity contribution in [3.63, 3.8) is 0 Å². The number of amides is 1. The van der Waals surface area contributed by atoms with E-state index in [0.29, 0.717) is 5.56 Å². The minimum Gasteiger partial charge on any atom is -0.510 e. The fourth-order valence-corrected chi connectivity index (χ4v) is 6.62. The van der Waals surface area contributed by atoms with Crippen LogP contribution in [0, 0.1) is 11.8 Å². The van der Waals surface area contributed by atoms with Crippen LogP contribution in [0.2, 0.25) is 0 Å². The highest BCUT2D eigenvalue weighted by atomic mass is 16.3. The molecule has 10 nitrogen and oxygen atoms in total. The number of hydrogen-bond donors (Lipinski definition) is 6. The first-order valence-corrected chi connectivity index (χ1v) is 12.2. The van der Waals surface area contributed by atoms with E-state index in [2.05, 4.69) is 5.32 Å². The maximum absolute atomic E-state index is 13.6. The molecule has 0 bridgehead atoms. The number of aromatic hydroxyl groups is 1. The molecule has 1 aromatic carbocycles. The van der Waals surface area contributed by atoms with Gasteiger partial charge in [0.1, 0.15) is 22.8 Å². The molecule has 1 fully saturated rings. The maximum Gasteiger partial charge on any atom is 0.255 e. The Hall–Kier alpha value is -3.37. The number of nitrogens with zero attached hydrogens (tertiary/aromatic N) is 1. The van der Waals surface area contributed by atoms with Crippen molar-refractivity contribution < 1.29 is 34.8 Å². The smallest absolute Gasteiger partial charge is 0.255 e. The van der Waals surface area contributed by atoms with Crippen molar-refractivity contribution in [2.75, 3.05) is 19.0 Å². The second kappa shape index (κ2) is 8.35. The molecule has 0 aromatic heterocycles. The molecule has 7 N–H and O–H groups in total. The number of allylic oxidation sites excluding steroid dienone is 1. The lowest BCUT2D eigenvalue weighted by atomic mass is 9.58. The number of carbonyl (C=O) groups is 3. The lowest BCUT2D eigenvalue weighted by molar-refractivity contribution is -0.146. The minimum atomic E-state index is -2.62. The Kier molecular flexibility index (Phi) is 5.64. The van der Waals surface area contributed by atoms with E-state index in [1.165, 1.54) is 6.07 Å². The molecule has 192 valence electrons. The van der Waals surface area contributed by atoms with E-state index in [9.17, 15) is 34.8 Å². The lowest BCUT2D eigenvalue weighted by Crippen LogP contribution is -2.64. The van der Waals surface area contributed by atoms with Crippen molar-refractivity contribution >= 4 is 23.2 Å². The summed E-state index contributed by atoms with van der Waals surface area (Å²) >= 11 is 0. The number of fused-ring (bicyclic) bond motifs is 3. The van der Waals surface area contributed by atoms with Crippen molar-refractivity contribution in [1.29, 1.82) is 0 Å². The second-order valence-electron chi connectivity index (χ2n) is 10.5. The number of phenols is 1. The number of anilines is 1. The van der Waals surface area contributed by atoms with Crippen molar-refractivity contribution in [2.24, 2.45) is 17.6 Å². The first kappa shape index (κ1) is 24.3. The number of aliphatic hydroxyl groups excluding tert-OH is 2. The Morgan fingerprint density at radius 3 is 2.42 bits per heavy atom. The zero-order chi connectivity index (χ0) is 26.1. The SMILES string of the molecule is CN(C)c1ccc(O)c2c1C[C@H]1C[C@H]3[C@@H](NC4CCCC4)C(O)=C(C(N)=O)C(=O)[C@@]3(O)C(O)=C1C2=O. The molecule has 1 aromatic rings. The summed E-state index contributed by atoms with van der Waals surface area (Å²) in [4.78, 5) is 41.0. The molecule has 1 saturated carbocycles. The van der Waals surface area contributed by atoms with Crippen molar-refractivity contribution in [2.45, 2.75) is 56.2 Å². The Morgan fingerprint density at radius 2 is 1.81 bits per heavy atom. The molecule has 0 heterocycles. The van der Waals surface area contributed by atoms with Crippen LogP contribution in [0.3, 0.4) is 0 Å². The van der Waals surface area contributed by atoms with Gasteiger partial charge in [-0.2, -0.15) is 0 Å². The molecular formula is C26H31N3O7.